The van der Waals surface area contributed by atoms with E-state index in [1.807, 2.05) is 29.6 Å². The second-order valence-corrected chi connectivity index (χ2v) is 5.87. The van der Waals surface area contributed by atoms with Crippen molar-refractivity contribution in [2.45, 2.75) is 19.4 Å². The molecule has 0 bridgehead atoms. The Balaban J connectivity index is 1.94. The third kappa shape index (κ3) is 1.72. The fourth-order valence-corrected chi connectivity index (χ4v) is 3.53. The number of thiophene rings is 1. The highest BCUT2D eigenvalue weighted by Gasteiger charge is 2.26. The van der Waals surface area contributed by atoms with E-state index in [4.69, 9.17) is 5.73 Å². The van der Waals surface area contributed by atoms with Crippen LogP contribution < -0.4 is 5.73 Å². The van der Waals surface area contributed by atoms with Crippen LogP contribution in [0.15, 0.2) is 6.07 Å². The molecule has 2 aromatic heterocycles. The summed E-state index contributed by atoms with van der Waals surface area (Å²) in [5, 5.41) is 5.42. The topological polar surface area (TPSA) is 64.2 Å². The summed E-state index contributed by atoms with van der Waals surface area (Å²) >= 11 is 1.51. The maximum absolute atomic E-state index is 12.3. The molecule has 0 aliphatic carbocycles. The molecule has 1 aliphatic rings. The van der Waals surface area contributed by atoms with Crippen LogP contribution in [0.5, 0.6) is 0 Å². The molecule has 0 aromatic carbocycles. The van der Waals surface area contributed by atoms with Gasteiger partial charge in [-0.05, 0) is 19.4 Å². The van der Waals surface area contributed by atoms with Gasteiger partial charge in [-0.25, -0.2) is 0 Å². The number of likely N-dealkylation sites (tertiary alicyclic amines) is 1. The van der Waals surface area contributed by atoms with Crippen LogP contribution in [0.3, 0.4) is 0 Å². The molecule has 1 atom stereocenters. The van der Waals surface area contributed by atoms with Crippen molar-refractivity contribution in [1.29, 1.82) is 0 Å². The van der Waals surface area contributed by atoms with Crippen LogP contribution in [0.4, 0.5) is 0 Å². The number of hydrogen-bond acceptors (Lipinski definition) is 4. The molecule has 3 heterocycles. The molecule has 2 N–H and O–H groups in total. The minimum absolute atomic E-state index is 0.101. The van der Waals surface area contributed by atoms with E-state index < -0.39 is 0 Å². The van der Waals surface area contributed by atoms with Crippen LogP contribution in [0.1, 0.15) is 21.8 Å². The predicted molar refractivity (Wildman–Crippen MR) is 71.8 cm³/mol. The summed E-state index contributed by atoms with van der Waals surface area (Å²) in [7, 11) is 1.91. The lowest BCUT2D eigenvalue weighted by Gasteiger charge is -2.14. The normalized spacial score (nSPS) is 19.9. The van der Waals surface area contributed by atoms with E-state index in [1.54, 1.807) is 0 Å². The molecule has 18 heavy (non-hydrogen) atoms. The minimum Gasteiger partial charge on any atom is -0.336 e. The van der Waals surface area contributed by atoms with Crippen LogP contribution in [0.2, 0.25) is 0 Å². The zero-order valence-electron chi connectivity index (χ0n) is 10.5. The van der Waals surface area contributed by atoms with Gasteiger partial charge in [0, 0.05) is 31.6 Å². The number of fused-ring (bicyclic) bond motifs is 1. The molecule has 1 saturated heterocycles. The van der Waals surface area contributed by atoms with Crippen molar-refractivity contribution in [2.24, 2.45) is 12.8 Å². The maximum Gasteiger partial charge on any atom is 0.264 e. The van der Waals surface area contributed by atoms with Gasteiger partial charge in [0.05, 0.1) is 10.6 Å². The highest BCUT2D eigenvalue weighted by atomic mass is 32.1. The predicted octanol–water partition coefficient (Wildman–Crippen LogP) is 1.12. The van der Waals surface area contributed by atoms with Gasteiger partial charge >= 0.3 is 0 Å². The lowest BCUT2D eigenvalue weighted by molar-refractivity contribution is 0.0795. The van der Waals surface area contributed by atoms with Crippen LogP contribution in [-0.4, -0.2) is 39.7 Å². The number of aryl methyl sites for hydroxylation is 2. The molecular formula is C12H16N4OS. The number of carbonyl (C=O) groups excluding carboxylic acids is 1. The SMILES string of the molecule is Cc1nn(C)c2sc(C(=O)N3CCC(N)C3)cc12. The van der Waals surface area contributed by atoms with Crippen molar-refractivity contribution >= 4 is 27.5 Å². The minimum atomic E-state index is 0.101. The van der Waals surface area contributed by atoms with E-state index in [0.29, 0.717) is 6.54 Å². The van der Waals surface area contributed by atoms with Gasteiger partial charge in [0.25, 0.3) is 5.91 Å². The molecule has 1 aliphatic heterocycles. The smallest absolute Gasteiger partial charge is 0.264 e. The Bertz CT molecular complexity index is 580. The number of nitrogens with two attached hydrogens (primary N) is 1. The van der Waals surface area contributed by atoms with E-state index >= 15 is 0 Å². The highest BCUT2D eigenvalue weighted by molar-refractivity contribution is 7.20. The van der Waals surface area contributed by atoms with E-state index in [1.165, 1.54) is 11.3 Å². The third-order valence-corrected chi connectivity index (χ3v) is 4.61. The molecule has 1 fully saturated rings. The first kappa shape index (κ1) is 11.7. The van der Waals surface area contributed by atoms with Crippen molar-refractivity contribution in [1.82, 2.24) is 14.7 Å². The average molecular weight is 264 g/mol. The quantitative estimate of drug-likeness (QED) is 0.839. The average Bonchev–Trinajstić information content (AvgIpc) is 2.98. The number of nitrogens with zero attached hydrogens (tertiary/aromatic N) is 3. The Morgan fingerprint density at radius 1 is 1.61 bits per heavy atom. The second-order valence-electron chi connectivity index (χ2n) is 4.84. The van der Waals surface area contributed by atoms with Crippen LogP contribution in [0.25, 0.3) is 10.2 Å². The number of aromatic nitrogens is 2. The number of amides is 1. The molecule has 1 unspecified atom stereocenters. The maximum atomic E-state index is 12.3. The van der Waals surface area contributed by atoms with Gasteiger partial charge < -0.3 is 10.6 Å². The molecule has 5 nitrogen and oxygen atoms in total. The lowest BCUT2D eigenvalue weighted by Crippen LogP contribution is -2.31. The number of rotatable bonds is 1. The van der Waals surface area contributed by atoms with Gasteiger partial charge in [-0.2, -0.15) is 5.10 Å². The summed E-state index contributed by atoms with van der Waals surface area (Å²) in [6.07, 6.45) is 0.900. The Hall–Kier alpha value is -1.40. The molecular weight excluding hydrogens is 248 g/mol. The zero-order valence-corrected chi connectivity index (χ0v) is 11.3. The lowest BCUT2D eigenvalue weighted by atomic mass is 10.3. The summed E-state index contributed by atoms with van der Waals surface area (Å²) in [4.78, 5) is 16.0. The summed E-state index contributed by atoms with van der Waals surface area (Å²) in [5.74, 6) is 0.101. The fraction of sp³-hybridized carbons (Fsp3) is 0.500. The molecule has 0 saturated carbocycles. The second kappa shape index (κ2) is 4.07. The van der Waals surface area contributed by atoms with Crippen LogP contribution in [-0.2, 0) is 7.05 Å². The van der Waals surface area contributed by atoms with Gasteiger partial charge in [0.1, 0.15) is 4.83 Å². The molecule has 0 spiro atoms. The van der Waals surface area contributed by atoms with Crippen molar-refractivity contribution in [3.05, 3.63) is 16.6 Å². The molecule has 2 aromatic rings. The Morgan fingerprint density at radius 2 is 2.39 bits per heavy atom. The Labute approximate surface area is 109 Å². The van der Waals surface area contributed by atoms with E-state index in [0.717, 1.165) is 33.8 Å². The van der Waals surface area contributed by atoms with Crippen molar-refractivity contribution < 1.29 is 4.79 Å². The largest absolute Gasteiger partial charge is 0.336 e. The summed E-state index contributed by atoms with van der Waals surface area (Å²) < 4.78 is 1.84. The van der Waals surface area contributed by atoms with Crippen molar-refractivity contribution in [2.75, 3.05) is 13.1 Å². The molecule has 0 radical (unpaired) electrons. The standard InChI is InChI=1S/C12H16N4OS/c1-7-9-5-10(18-12(9)15(2)14-7)11(17)16-4-3-8(13)6-16/h5,8H,3-4,6,13H2,1-2H3. The van der Waals surface area contributed by atoms with E-state index in [-0.39, 0.29) is 11.9 Å². The van der Waals surface area contributed by atoms with Gasteiger partial charge in [-0.15, -0.1) is 11.3 Å². The molecule has 1 amide bonds. The molecule has 3 rings (SSSR count). The summed E-state index contributed by atoms with van der Waals surface area (Å²) in [6.45, 7) is 3.41. The highest BCUT2D eigenvalue weighted by Crippen LogP contribution is 2.29. The first-order chi connectivity index (χ1) is 8.56. The molecule has 96 valence electrons. The summed E-state index contributed by atoms with van der Waals surface area (Å²) in [5.41, 5.74) is 6.81. The van der Waals surface area contributed by atoms with Gasteiger partial charge in [-0.1, -0.05) is 0 Å². The first-order valence-electron chi connectivity index (χ1n) is 6.04. The molecule has 6 heteroatoms. The van der Waals surface area contributed by atoms with Crippen LogP contribution >= 0.6 is 11.3 Å². The van der Waals surface area contributed by atoms with E-state index in [2.05, 4.69) is 5.10 Å². The van der Waals surface area contributed by atoms with Crippen molar-refractivity contribution in [3.8, 4) is 0 Å². The van der Waals surface area contributed by atoms with Gasteiger partial charge in [-0.3, -0.25) is 9.48 Å². The van der Waals surface area contributed by atoms with Crippen LogP contribution in [0, 0.1) is 6.92 Å². The summed E-state index contributed by atoms with van der Waals surface area (Å²) in [6, 6.07) is 2.08. The Kier molecular flexibility index (Phi) is 2.64. The fourth-order valence-electron chi connectivity index (χ4n) is 2.44. The third-order valence-electron chi connectivity index (χ3n) is 3.42. The van der Waals surface area contributed by atoms with Gasteiger partial charge in [0.15, 0.2) is 0 Å². The number of hydrogen-bond donors (Lipinski definition) is 1. The van der Waals surface area contributed by atoms with E-state index in [9.17, 15) is 4.79 Å². The van der Waals surface area contributed by atoms with Crippen molar-refractivity contribution in [3.63, 3.8) is 0 Å². The monoisotopic (exact) mass is 264 g/mol. The van der Waals surface area contributed by atoms with Gasteiger partial charge in [0.2, 0.25) is 0 Å². The number of carbonyl (C=O) groups is 1. The first-order valence-corrected chi connectivity index (χ1v) is 6.86. The Morgan fingerprint density at radius 3 is 3.00 bits per heavy atom. The zero-order chi connectivity index (χ0) is 12.9.